The number of hydrogen-bond donors (Lipinski definition) is 2. The molecular weight excluding hydrogens is 438 g/mol. The number of halogens is 1. The van der Waals surface area contributed by atoms with Crippen molar-refractivity contribution in [3.63, 3.8) is 0 Å². The molecule has 0 atom stereocenters. The molecule has 4 aromatic rings. The largest absolute Gasteiger partial charge is 0.352 e. The maximum atomic E-state index is 13.3. The van der Waals surface area contributed by atoms with E-state index >= 15 is 0 Å². The second-order valence-corrected chi connectivity index (χ2v) is 7.93. The van der Waals surface area contributed by atoms with Crippen molar-refractivity contribution in [2.24, 2.45) is 0 Å². The minimum atomic E-state index is -0.311. The van der Waals surface area contributed by atoms with Gasteiger partial charge in [0.05, 0.1) is 33.4 Å². The third kappa shape index (κ3) is 4.73. The third-order valence-corrected chi connectivity index (χ3v) is 5.54. The standard InChI is InChI=1S/C25H24ClN5O2/c1-3-12-27-24(32)18-11-10-17(13-21(18)26)29-25(33)19-14-22(16-8-6-5-7-9-16)30-23-20(19)15-28-31(23)4-2/h5-11,13-15H,3-4,12H2,1-2H3,(H,27,32)(H,29,33). The molecule has 0 fully saturated rings. The SMILES string of the molecule is CCCNC(=O)c1ccc(NC(=O)c2cc(-c3ccccc3)nc3c2cnn3CC)cc1Cl. The molecule has 2 amide bonds. The number of nitrogens with zero attached hydrogens (tertiary/aromatic N) is 3. The zero-order chi connectivity index (χ0) is 23.4. The quantitative estimate of drug-likeness (QED) is 0.397. The Balaban J connectivity index is 1.68. The number of aryl methyl sites for hydroxylation is 1. The summed E-state index contributed by atoms with van der Waals surface area (Å²) < 4.78 is 1.76. The number of amides is 2. The molecule has 0 aliphatic rings. The van der Waals surface area contributed by atoms with Crippen LogP contribution in [0.2, 0.25) is 5.02 Å². The van der Waals surface area contributed by atoms with Gasteiger partial charge in [-0.25, -0.2) is 9.67 Å². The highest BCUT2D eigenvalue weighted by Crippen LogP contribution is 2.27. The summed E-state index contributed by atoms with van der Waals surface area (Å²) >= 11 is 6.32. The fraction of sp³-hybridized carbons (Fsp3) is 0.200. The van der Waals surface area contributed by atoms with Crippen molar-refractivity contribution >= 4 is 40.1 Å². The van der Waals surface area contributed by atoms with Crippen LogP contribution in [-0.2, 0) is 6.54 Å². The molecule has 33 heavy (non-hydrogen) atoms. The lowest BCUT2D eigenvalue weighted by molar-refractivity contribution is 0.0953. The molecule has 4 rings (SSSR count). The van der Waals surface area contributed by atoms with E-state index in [-0.39, 0.29) is 16.8 Å². The number of carbonyl (C=O) groups is 2. The van der Waals surface area contributed by atoms with Crippen LogP contribution in [0.5, 0.6) is 0 Å². The van der Waals surface area contributed by atoms with Gasteiger partial charge >= 0.3 is 0 Å². The number of anilines is 1. The Morgan fingerprint density at radius 3 is 2.48 bits per heavy atom. The second-order valence-electron chi connectivity index (χ2n) is 7.52. The van der Waals surface area contributed by atoms with Gasteiger partial charge in [0.15, 0.2) is 5.65 Å². The summed E-state index contributed by atoms with van der Waals surface area (Å²) in [5.41, 5.74) is 3.55. The summed E-state index contributed by atoms with van der Waals surface area (Å²) in [5, 5.41) is 11.0. The Hall–Kier alpha value is -3.71. The predicted molar refractivity (Wildman–Crippen MR) is 131 cm³/mol. The van der Waals surface area contributed by atoms with Crippen LogP contribution >= 0.6 is 11.6 Å². The molecule has 0 saturated heterocycles. The van der Waals surface area contributed by atoms with Crippen LogP contribution in [0.25, 0.3) is 22.3 Å². The molecule has 0 aliphatic heterocycles. The molecule has 2 heterocycles. The highest BCUT2D eigenvalue weighted by atomic mass is 35.5. The van der Waals surface area contributed by atoms with E-state index in [4.69, 9.17) is 16.6 Å². The van der Waals surface area contributed by atoms with Crippen LogP contribution < -0.4 is 10.6 Å². The Morgan fingerprint density at radius 2 is 1.79 bits per heavy atom. The van der Waals surface area contributed by atoms with E-state index in [0.717, 1.165) is 12.0 Å². The number of nitrogens with one attached hydrogen (secondary N) is 2. The lowest BCUT2D eigenvalue weighted by atomic mass is 10.1. The van der Waals surface area contributed by atoms with E-state index in [1.165, 1.54) is 0 Å². The van der Waals surface area contributed by atoms with Crippen LogP contribution in [0.3, 0.4) is 0 Å². The zero-order valence-corrected chi connectivity index (χ0v) is 19.2. The van der Waals surface area contributed by atoms with Crippen LogP contribution in [0.4, 0.5) is 5.69 Å². The Morgan fingerprint density at radius 1 is 1.00 bits per heavy atom. The second kappa shape index (κ2) is 9.83. The predicted octanol–water partition coefficient (Wildman–Crippen LogP) is 5.16. The minimum absolute atomic E-state index is 0.241. The van der Waals surface area contributed by atoms with Gasteiger partial charge in [0.1, 0.15) is 0 Å². The average molecular weight is 462 g/mol. The highest BCUT2D eigenvalue weighted by Gasteiger charge is 2.18. The smallest absolute Gasteiger partial charge is 0.256 e. The number of hydrogen-bond acceptors (Lipinski definition) is 4. The molecule has 0 unspecified atom stereocenters. The van der Waals surface area contributed by atoms with Gasteiger partial charge in [-0.15, -0.1) is 0 Å². The Labute approximate surface area is 196 Å². The number of rotatable bonds is 7. The van der Waals surface area contributed by atoms with Crippen LogP contribution in [0, 0.1) is 0 Å². The average Bonchev–Trinajstić information content (AvgIpc) is 3.25. The lowest BCUT2D eigenvalue weighted by Gasteiger charge is -2.11. The number of benzene rings is 2. The molecule has 0 radical (unpaired) electrons. The van der Waals surface area contributed by atoms with Gasteiger partial charge in [-0.05, 0) is 37.6 Å². The molecule has 2 aromatic carbocycles. The van der Waals surface area contributed by atoms with Crippen LogP contribution in [-0.4, -0.2) is 33.1 Å². The van der Waals surface area contributed by atoms with E-state index in [9.17, 15) is 9.59 Å². The first kappa shape index (κ1) is 22.5. The summed E-state index contributed by atoms with van der Waals surface area (Å²) in [6, 6.07) is 16.3. The minimum Gasteiger partial charge on any atom is -0.352 e. The normalized spacial score (nSPS) is 10.9. The lowest BCUT2D eigenvalue weighted by Crippen LogP contribution is -2.24. The van der Waals surface area contributed by atoms with Crippen molar-refractivity contribution in [1.29, 1.82) is 0 Å². The fourth-order valence-corrected chi connectivity index (χ4v) is 3.80. The van der Waals surface area contributed by atoms with Crippen molar-refractivity contribution in [3.8, 4) is 11.3 Å². The van der Waals surface area contributed by atoms with Crippen molar-refractivity contribution in [2.75, 3.05) is 11.9 Å². The van der Waals surface area contributed by atoms with Crippen molar-refractivity contribution in [2.45, 2.75) is 26.8 Å². The van der Waals surface area contributed by atoms with Gasteiger partial charge < -0.3 is 10.6 Å². The van der Waals surface area contributed by atoms with E-state index in [2.05, 4.69) is 15.7 Å². The van der Waals surface area contributed by atoms with Gasteiger partial charge in [0.2, 0.25) is 0 Å². The van der Waals surface area contributed by atoms with E-state index in [0.29, 0.717) is 46.6 Å². The van der Waals surface area contributed by atoms with Gasteiger partial charge in [0, 0.05) is 24.3 Å². The summed E-state index contributed by atoms with van der Waals surface area (Å²) in [4.78, 5) is 30.3. The molecule has 7 nitrogen and oxygen atoms in total. The highest BCUT2D eigenvalue weighted by molar-refractivity contribution is 6.34. The van der Waals surface area contributed by atoms with Gasteiger partial charge in [-0.3, -0.25) is 9.59 Å². The monoisotopic (exact) mass is 461 g/mol. The molecular formula is C25H24ClN5O2. The topological polar surface area (TPSA) is 88.9 Å². The number of carbonyl (C=O) groups excluding carboxylic acids is 2. The van der Waals surface area contributed by atoms with Crippen molar-refractivity contribution in [1.82, 2.24) is 20.1 Å². The summed E-state index contributed by atoms with van der Waals surface area (Å²) in [7, 11) is 0. The summed E-state index contributed by atoms with van der Waals surface area (Å²) in [5.74, 6) is -0.551. The first-order valence-corrected chi connectivity index (χ1v) is 11.2. The maximum Gasteiger partial charge on any atom is 0.256 e. The van der Waals surface area contributed by atoms with E-state index < -0.39 is 0 Å². The molecule has 0 bridgehead atoms. The molecule has 2 aromatic heterocycles. The Bertz CT molecular complexity index is 1320. The first-order valence-electron chi connectivity index (χ1n) is 10.8. The molecule has 2 N–H and O–H groups in total. The van der Waals surface area contributed by atoms with Crippen LogP contribution in [0.15, 0.2) is 60.8 Å². The van der Waals surface area contributed by atoms with Crippen LogP contribution in [0.1, 0.15) is 41.0 Å². The van der Waals surface area contributed by atoms with Gasteiger partial charge in [-0.1, -0.05) is 48.9 Å². The molecule has 8 heteroatoms. The number of fused-ring (bicyclic) bond motifs is 1. The Kier molecular flexibility index (Phi) is 6.70. The zero-order valence-electron chi connectivity index (χ0n) is 18.4. The molecule has 168 valence electrons. The molecule has 0 saturated carbocycles. The van der Waals surface area contributed by atoms with E-state index in [1.807, 2.05) is 44.2 Å². The molecule has 0 spiro atoms. The third-order valence-electron chi connectivity index (χ3n) is 5.23. The summed E-state index contributed by atoms with van der Waals surface area (Å²) in [6.07, 6.45) is 2.49. The first-order chi connectivity index (χ1) is 16.0. The maximum absolute atomic E-state index is 13.3. The summed E-state index contributed by atoms with van der Waals surface area (Å²) in [6.45, 7) is 5.15. The van der Waals surface area contributed by atoms with Crippen molar-refractivity contribution in [3.05, 3.63) is 76.9 Å². The van der Waals surface area contributed by atoms with Crippen molar-refractivity contribution < 1.29 is 9.59 Å². The molecule has 0 aliphatic carbocycles. The van der Waals surface area contributed by atoms with Gasteiger partial charge in [0.25, 0.3) is 11.8 Å². The number of aromatic nitrogens is 3. The number of pyridine rings is 1. The van der Waals surface area contributed by atoms with E-state index in [1.54, 1.807) is 35.1 Å². The van der Waals surface area contributed by atoms with Gasteiger partial charge in [-0.2, -0.15) is 5.10 Å². The fourth-order valence-electron chi connectivity index (χ4n) is 3.53.